The van der Waals surface area contributed by atoms with E-state index in [0.717, 1.165) is 18.4 Å². The van der Waals surface area contributed by atoms with Gasteiger partial charge in [-0.15, -0.1) is 0 Å². The molecule has 2 aromatic rings. The van der Waals surface area contributed by atoms with Crippen LogP contribution in [0.1, 0.15) is 18.1 Å². The van der Waals surface area contributed by atoms with Gasteiger partial charge in [0, 0.05) is 12.1 Å². The summed E-state index contributed by atoms with van der Waals surface area (Å²) >= 11 is 0. The van der Waals surface area contributed by atoms with Crippen molar-refractivity contribution in [1.29, 1.82) is 0 Å². The Morgan fingerprint density at radius 3 is 2.19 bits per heavy atom. The summed E-state index contributed by atoms with van der Waals surface area (Å²) < 4.78 is 12.9. The van der Waals surface area contributed by atoms with Crippen LogP contribution in [0.25, 0.3) is 0 Å². The highest BCUT2D eigenvalue weighted by molar-refractivity contribution is 5.18. The predicted molar refractivity (Wildman–Crippen MR) is 83.7 cm³/mol. The smallest absolute Gasteiger partial charge is 0.123 e. The topological polar surface area (TPSA) is 32.3 Å². The molecular weight excluding hydrogens is 265 g/mol. The van der Waals surface area contributed by atoms with Gasteiger partial charge in [-0.2, -0.15) is 0 Å². The third-order valence-electron chi connectivity index (χ3n) is 3.52. The van der Waals surface area contributed by atoms with Gasteiger partial charge in [0.15, 0.2) is 0 Å². The van der Waals surface area contributed by atoms with Crippen LogP contribution in [0.3, 0.4) is 0 Å². The molecule has 0 saturated carbocycles. The lowest BCUT2D eigenvalue weighted by atomic mass is 10.0. The Bertz CT molecular complexity index is 527. The van der Waals surface area contributed by atoms with Gasteiger partial charge >= 0.3 is 0 Å². The molecule has 0 saturated heterocycles. The van der Waals surface area contributed by atoms with Crippen LogP contribution >= 0.6 is 0 Å². The molecule has 0 amide bonds. The summed E-state index contributed by atoms with van der Waals surface area (Å²) in [5, 5.41) is 13.0. The van der Waals surface area contributed by atoms with Gasteiger partial charge in [-0.25, -0.2) is 4.39 Å². The van der Waals surface area contributed by atoms with Crippen LogP contribution in [0.2, 0.25) is 0 Å². The number of hydrogen-bond acceptors (Lipinski definition) is 2. The monoisotopic (exact) mass is 287 g/mol. The Morgan fingerprint density at radius 2 is 1.57 bits per heavy atom. The lowest BCUT2D eigenvalue weighted by Crippen LogP contribution is -2.41. The second kappa shape index (κ2) is 7.91. The maximum atomic E-state index is 12.9. The van der Waals surface area contributed by atoms with Crippen LogP contribution in [-0.4, -0.2) is 23.8 Å². The van der Waals surface area contributed by atoms with Gasteiger partial charge in [0.2, 0.25) is 0 Å². The van der Waals surface area contributed by atoms with Gasteiger partial charge < -0.3 is 10.4 Å². The molecule has 2 nitrogen and oxygen atoms in total. The fourth-order valence-electron chi connectivity index (χ4n) is 2.51. The van der Waals surface area contributed by atoms with E-state index < -0.39 is 0 Å². The molecule has 2 atom stereocenters. The molecule has 2 unspecified atom stereocenters. The van der Waals surface area contributed by atoms with Crippen LogP contribution in [0.5, 0.6) is 0 Å². The molecule has 0 heterocycles. The molecule has 3 heteroatoms. The molecule has 0 fully saturated rings. The van der Waals surface area contributed by atoms with Gasteiger partial charge in [-0.1, -0.05) is 42.5 Å². The van der Waals surface area contributed by atoms with Gasteiger partial charge in [0.1, 0.15) is 5.82 Å². The minimum Gasteiger partial charge on any atom is -0.395 e. The highest BCUT2D eigenvalue weighted by Gasteiger charge is 2.12. The van der Waals surface area contributed by atoms with E-state index >= 15 is 0 Å². The average Bonchev–Trinajstić information content (AvgIpc) is 2.50. The number of hydrogen-bond donors (Lipinski definition) is 2. The number of benzene rings is 2. The number of nitrogens with one attached hydrogen (secondary N) is 1. The zero-order chi connectivity index (χ0) is 15.1. The first-order chi connectivity index (χ1) is 10.2. The normalized spacial score (nSPS) is 13.9. The van der Waals surface area contributed by atoms with E-state index in [1.54, 1.807) is 12.1 Å². The van der Waals surface area contributed by atoms with Crippen LogP contribution in [0, 0.1) is 5.82 Å². The lowest BCUT2D eigenvalue weighted by Gasteiger charge is -2.22. The minimum absolute atomic E-state index is 0.0304. The van der Waals surface area contributed by atoms with Crippen molar-refractivity contribution in [3.8, 4) is 0 Å². The van der Waals surface area contributed by atoms with E-state index in [9.17, 15) is 9.50 Å². The molecule has 0 radical (unpaired) electrons. The number of halogens is 1. The molecule has 2 N–H and O–H groups in total. The van der Waals surface area contributed by atoms with E-state index in [4.69, 9.17) is 0 Å². The Labute approximate surface area is 125 Å². The van der Waals surface area contributed by atoms with E-state index in [-0.39, 0.29) is 24.5 Å². The molecule has 0 bridgehead atoms. The zero-order valence-electron chi connectivity index (χ0n) is 12.3. The minimum atomic E-state index is -0.211. The summed E-state index contributed by atoms with van der Waals surface area (Å²) in [5.41, 5.74) is 2.30. The quantitative estimate of drug-likeness (QED) is 0.820. The first-order valence-electron chi connectivity index (χ1n) is 7.32. The van der Waals surface area contributed by atoms with Crippen molar-refractivity contribution >= 4 is 0 Å². The molecule has 112 valence electrons. The fraction of sp³-hybridized carbons (Fsp3) is 0.333. The molecule has 21 heavy (non-hydrogen) atoms. The van der Waals surface area contributed by atoms with Crippen LogP contribution in [0.4, 0.5) is 4.39 Å². The molecule has 2 rings (SSSR count). The van der Waals surface area contributed by atoms with Crippen molar-refractivity contribution in [2.45, 2.75) is 31.8 Å². The number of rotatable bonds is 7. The largest absolute Gasteiger partial charge is 0.395 e. The zero-order valence-corrected chi connectivity index (χ0v) is 12.3. The van der Waals surface area contributed by atoms with Gasteiger partial charge in [0.05, 0.1) is 6.61 Å². The van der Waals surface area contributed by atoms with E-state index in [1.807, 2.05) is 18.2 Å². The first-order valence-corrected chi connectivity index (χ1v) is 7.32. The van der Waals surface area contributed by atoms with Crippen molar-refractivity contribution in [2.24, 2.45) is 0 Å². The maximum absolute atomic E-state index is 12.9. The molecule has 0 aliphatic rings. The Balaban J connectivity index is 1.87. The molecule has 0 spiro atoms. The van der Waals surface area contributed by atoms with Crippen molar-refractivity contribution in [2.75, 3.05) is 6.61 Å². The number of aliphatic hydroxyl groups excluding tert-OH is 1. The van der Waals surface area contributed by atoms with Crippen molar-refractivity contribution in [3.63, 3.8) is 0 Å². The summed E-state index contributed by atoms with van der Waals surface area (Å²) in [5.74, 6) is -0.211. The summed E-state index contributed by atoms with van der Waals surface area (Å²) in [6.07, 6.45) is 1.61. The molecule has 2 aromatic carbocycles. The maximum Gasteiger partial charge on any atom is 0.123 e. The van der Waals surface area contributed by atoms with Crippen molar-refractivity contribution < 1.29 is 9.50 Å². The second-order valence-electron chi connectivity index (χ2n) is 5.47. The van der Waals surface area contributed by atoms with Gasteiger partial charge in [-0.05, 0) is 43.0 Å². The molecule has 0 aliphatic carbocycles. The van der Waals surface area contributed by atoms with Crippen LogP contribution in [0.15, 0.2) is 54.6 Å². The third-order valence-corrected chi connectivity index (χ3v) is 3.52. The molecule has 0 aromatic heterocycles. The highest BCUT2D eigenvalue weighted by atomic mass is 19.1. The third kappa shape index (κ3) is 5.29. The Kier molecular flexibility index (Phi) is 5.90. The van der Waals surface area contributed by atoms with Gasteiger partial charge in [-0.3, -0.25) is 0 Å². The standard InChI is InChI=1S/C18H22FNO/c1-14(11-16-7-9-17(19)10-8-16)20-18(13-21)12-15-5-3-2-4-6-15/h2-10,14,18,20-21H,11-13H2,1H3. The van der Waals surface area contributed by atoms with Crippen molar-refractivity contribution in [1.82, 2.24) is 5.32 Å². The first kappa shape index (κ1) is 15.7. The summed E-state index contributed by atoms with van der Waals surface area (Å²) in [7, 11) is 0. The average molecular weight is 287 g/mol. The predicted octanol–water partition coefficient (Wildman–Crippen LogP) is 2.95. The number of aliphatic hydroxyl groups is 1. The van der Waals surface area contributed by atoms with Crippen LogP contribution < -0.4 is 5.32 Å². The SMILES string of the molecule is CC(Cc1ccc(F)cc1)NC(CO)Cc1ccccc1. The molecule has 0 aliphatic heterocycles. The summed E-state index contributed by atoms with van der Waals surface area (Å²) in [4.78, 5) is 0. The molecular formula is C18H22FNO. The summed E-state index contributed by atoms with van der Waals surface area (Å²) in [6, 6.07) is 16.9. The van der Waals surface area contributed by atoms with Gasteiger partial charge in [0.25, 0.3) is 0 Å². The van der Waals surface area contributed by atoms with Crippen molar-refractivity contribution in [3.05, 3.63) is 71.5 Å². The highest BCUT2D eigenvalue weighted by Crippen LogP contribution is 2.08. The Morgan fingerprint density at radius 1 is 0.952 bits per heavy atom. The van der Waals surface area contributed by atoms with E-state index in [1.165, 1.54) is 17.7 Å². The fourth-order valence-corrected chi connectivity index (χ4v) is 2.51. The second-order valence-corrected chi connectivity index (χ2v) is 5.47. The van der Waals surface area contributed by atoms with E-state index in [0.29, 0.717) is 0 Å². The summed E-state index contributed by atoms with van der Waals surface area (Å²) in [6.45, 7) is 2.18. The lowest BCUT2D eigenvalue weighted by molar-refractivity contribution is 0.232. The van der Waals surface area contributed by atoms with Crippen LogP contribution in [-0.2, 0) is 12.8 Å². The van der Waals surface area contributed by atoms with E-state index in [2.05, 4.69) is 24.4 Å². The Hall–Kier alpha value is -1.71.